The zero-order chi connectivity index (χ0) is 22.8. The summed E-state index contributed by atoms with van der Waals surface area (Å²) in [5, 5.41) is 6.55. The second-order valence-corrected chi connectivity index (χ2v) is 6.87. The molecule has 0 bridgehead atoms. The van der Waals surface area contributed by atoms with E-state index in [0.29, 0.717) is 11.3 Å². The Morgan fingerprint density at radius 1 is 1.06 bits per heavy atom. The molecule has 0 spiro atoms. The molecule has 8 nitrogen and oxygen atoms in total. The van der Waals surface area contributed by atoms with E-state index in [1.807, 2.05) is 0 Å². The van der Waals surface area contributed by atoms with E-state index in [1.54, 1.807) is 38.1 Å². The molecule has 2 N–H and O–H groups in total. The van der Waals surface area contributed by atoms with Crippen LogP contribution in [0.25, 0.3) is 0 Å². The monoisotopic (exact) mass is 429 g/mol. The summed E-state index contributed by atoms with van der Waals surface area (Å²) in [6.45, 7) is 3.37. The van der Waals surface area contributed by atoms with Crippen LogP contribution in [-0.4, -0.2) is 43.8 Å². The molecule has 0 fully saturated rings. The Kier molecular flexibility index (Phi) is 8.68. The topological polar surface area (TPSA) is 106 Å². The van der Waals surface area contributed by atoms with Gasteiger partial charge < -0.3 is 14.8 Å². The lowest BCUT2D eigenvalue weighted by Crippen LogP contribution is -2.48. The fourth-order valence-corrected chi connectivity index (χ4v) is 2.45. The summed E-state index contributed by atoms with van der Waals surface area (Å²) >= 11 is 0. The van der Waals surface area contributed by atoms with Gasteiger partial charge in [0.15, 0.2) is 6.61 Å². The number of hydrogen-bond acceptors (Lipinski definition) is 6. The molecule has 1 unspecified atom stereocenters. The molecule has 31 heavy (non-hydrogen) atoms. The molecule has 164 valence electrons. The molecule has 1 atom stereocenters. The minimum Gasteiger partial charge on any atom is -0.482 e. The SMILES string of the molecule is COC(=O)COc1ccc(C=NNC(=O)C(NC(=O)c2ccc(F)cc2)C(C)C)cc1. The van der Waals surface area contributed by atoms with Crippen molar-refractivity contribution in [1.29, 1.82) is 0 Å². The molecule has 2 rings (SSSR count). The van der Waals surface area contributed by atoms with Gasteiger partial charge >= 0.3 is 5.97 Å². The van der Waals surface area contributed by atoms with Crippen LogP contribution < -0.4 is 15.5 Å². The van der Waals surface area contributed by atoms with E-state index in [0.717, 1.165) is 0 Å². The molecule has 0 saturated carbocycles. The minimum atomic E-state index is -0.830. The van der Waals surface area contributed by atoms with Crippen LogP contribution in [0.2, 0.25) is 0 Å². The zero-order valence-electron chi connectivity index (χ0n) is 17.4. The first kappa shape index (κ1) is 23.5. The molecular weight excluding hydrogens is 405 g/mol. The summed E-state index contributed by atoms with van der Waals surface area (Å²) in [5.41, 5.74) is 3.33. The number of nitrogens with zero attached hydrogens (tertiary/aromatic N) is 1. The van der Waals surface area contributed by atoms with E-state index in [2.05, 4.69) is 20.6 Å². The van der Waals surface area contributed by atoms with Crippen molar-refractivity contribution in [3.63, 3.8) is 0 Å². The summed E-state index contributed by atoms with van der Waals surface area (Å²) in [5.74, 6) is -1.63. The summed E-state index contributed by atoms with van der Waals surface area (Å²) in [6, 6.07) is 10.9. The van der Waals surface area contributed by atoms with Crippen molar-refractivity contribution >= 4 is 24.0 Å². The lowest BCUT2D eigenvalue weighted by atomic mass is 10.0. The first-order chi connectivity index (χ1) is 14.8. The van der Waals surface area contributed by atoms with Crippen LogP contribution in [0.15, 0.2) is 53.6 Å². The molecule has 0 saturated heterocycles. The smallest absolute Gasteiger partial charge is 0.343 e. The number of hydrazone groups is 1. The van der Waals surface area contributed by atoms with Gasteiger partial charge in [-0.05, 0) is 60.0 Å². The molecule has 9 heteroatoms. The van der Waals surface area contributed by atoms with Gasteiger partial charge in [0, 0.05) is 5.56 Å². The van der Waals surface area contributed by atoms with E-state index in [-0.39, 0.29) is 18.1 Å². The number of ether oxygens (including phenoxy) is 2. The highest BCUT2D eigenvalue weighted by Gasteiger charge is 2.24. The van der Waals surface area contributed by atoms with Crippen molar-refractivity contribution in [1.82, 2.24) is 10.7 Å². The lowest BCUT2D eigenvalue weighted by molar-refractivity contribution is -0.142. The molecule has 0 aliphatic rings. The van der Waals surface area contributed by atoms with Gasteiger partial charge in [0.2, 0.25) is 0 Å². The second kappa shape index (κ2) is 11.4. The van der Waals surface area contributed by atoms with Gasteiger partial charge in [-0.15, -0.1) is 0 Å². The van der Waals surface area contributed by atoms with Gasteiger partial charge in [-0.1, -0.05) is 13.8 Å². The molecule has 2 aromatic carbocycles. The minimum absolute atomic E-state index is 0.194. The van der Waals surface area contributed by atoms with Crippen molar-refractivity contribution in [3.05, 3.63) is 65.5 Å². The largest absolute Gasteiger partial charge is 0.482 e. The van der Waals surface area contributed by atoms with Crippen molar-refractivity contribution < 1.29 is 28.2 Å². The van der Waals surface area contributed by atoms with E-state index in [4.69, 9.17) is 4.74 Å². The van der Waals surface area contributed by atoms with E-state index in [1.165, 1.54) is 37.6 Å². The van der Waals surface area contributed by atoms with Gasteiger partial charge in [0.1, 0.15) is 17.6 Å². The van der Waals surface area contributed by atoms with Crippen LogP contribution >= 0.6 is 0 Å². The number of hydrogen-bond donors (Lipinski definition) is 2. The fraction of sp³-hybridized carbons (Fsp3) is 0.273. The van der Waals surface area contributed by atoms with Gasteiger partial charge in [-0.2, -0.15) is 5.10 Å². The average molecular weight is 429 g/mol. The Morgan fingerprint density at radius 2 is 1.71 bits per heavy atom. The van der Waals surface area contributed by atoms with Crippen LogP contribution in [0, 0.1) is 11.7 Å². The Hall–Kier alpha value is -3.75. The van der Waals surface area contributed by atoms with Gasteiger partial charge in [-0.3, -0.25) is 9.59 Å². The van der Waals surface area contributed by atoms with Crippen LogP contribution in [0.1, 0.15) is 29.8 Å². The van der Waals surface area contributed by atoms with Crippen LogP contribution in [0.4, 0.5) is 4.39 Å². The maximum Gasteiger partial charge on any atom is 0.343 e. The normalized spacial score (nSPS) is 11.8. The maximum absolute atomic E-state index is 13.0. The highest BCUT2D eigenvalue weighted by atomic mass is 19.1. The molecule has 2 aromatic rings. The third kappa shape index (κ3) is 7.54. The highest BCUT2D eigenvalue weighted by molar-refractivity contribution is 5.97. The number of esters is 1. The lowest BCUT2D eigenvalue weighted by Gasteiger charge is -2.20. The summed E-state index contributed by atoms with van der Waals surface area (Å²) in [7, 11) is 1.28. The molecule has 0 heterocycles. The van der Waals surface area contributed by atoms with Crippen molar-refractivity contribution in [3.8, 4) is 5.75 Å². The Labute approximate surface area is 179 Å². The number of carbonyl (C=O) groups is 3. The van der Waals surface area contributed by atoms with Crippen LogP contribution in [-0.2, 0) is 14.3 Å². The Morgan fingerprint density at radius 3 is 2.29 bits per heavy atom. The molecule has 0 aromatic heterocycles. The first-order valence-electron chi connectivity index (χ1n) is 9.49. The predicted molar refractivity (Wildman–Crippen MR) is 112 cm³/mol. The second-order valence-electron chi connectivity index (χ2n) is 6.87. The van der Waals surface area contributed by atoms with E-state index >= 15 is 0 Å². The number of benzene rings is 2. The van der Waals surface area contributed by atoms with E-state index in [9.17, 15) is 18.8 Å². The Bertz CT molecular complexity index is 927. The van der Waals surface area contributed by atoms with Crippen molar-refractivity contribution in [2.45, 2.75) is 19.9 Å². The van der Waals surface area contributed by atoms with Crippen molar-refractivity contribution in [2.75, 3.05) is 13.7 Å². The number of halogens is 1. The van der Waals surface area contributed by atoms with Gasteiger partial charge in [0.05, 0.1) is 13.3 Å². The summed E-state index contributed by atoms with van der Waals surface area (Å²) < 4.78 is 22.8. The number of carbonyl (C=O) groups excluding carboxylic acids is 3. The molecular formula is C22H24FN3O5. The third-order valence-corrected chi connectivity index (χ3v) is 4.19. The van der Waals surface area contributed by atoms with Gasteiger partial charge in [0.25, 0.3) is 11.8 Å². The number of nitrogens with one attached hydrogen (secondary N) is 2. The summed E-state index contributed by atoms with van der Waals surface area (Å²) in [4.78, 5) is 35.9. The summed E-state index contributed by atoms with van der Waals surface area (Å²) in [6.07, 6.45) is 1.43. The van der Waals surface area contributed by atoms with E-state index < -0.39 is 29.6 Å². The van der Waals surface area contributed by atoms with Crippen molar-refractivity contribution in [2.24, 2.45) is 11.0 Å². The quantitative estimate of drug-likeness (QED) is 0.361. The molecule has 0 aliphatic heterocycles. The fourth-order valence-electron chi connectivity index (χ4n) is 2.45. The Balaban J connectivity index is 1.92. The number of rotatable bonds is 9. The average Bonchev–Trinajstić information content (AvgIpc) is 2.76. The highest BCUT2D eigenvalue weighted by Crippen LogP contribution is 2.11. The van der Waals surface area contributed by atoms with Gasteiger partial charge in [-0.25, -0.2) is 14.6 Å². The molecule has 0 radical (unpaired) electrons. The number of amides is 2. The number of methoxy groups -OCH3 is 1. The predicted octanol–water partition coefficient (Wildman–Crippen LogP) is 2.28. The first-order valence-corrected chi connectivity index (χ1v) is 9.49. The van der Waals surface area contributed by atoms with Crippen LogP contribution in [0.3, 0.4) is 0 Å². The molecule has 0 aliphatic carbocycles. The standard InChI is InChI=1S/C22H24FN3O5/c1-14(2)20(25-21(28)16-6-8-17(23)9-7-16)22(29)26-24-12-15-4-10-18(11-5-15)31-13-19(27)30-3/h4-12,14,20H,13H2,1-3H3,(H,25,28)(H,26,29). The van der Waals surface area contributed by atoms with Crippen LogP contribution in [0.5, 0.6) is 5.75 Å². The maximum atomic E-state index is 13.0. The third-order valence-electron chi connectivity index (χ3n) is 4.19. The molecule has 2 amide bonds. The zero-order valence-corrected chi connectivity index (χ0v) is 17.4.